The van der Waals surface area contributed by atoms with Crippen molar-refractivity contribution in [2.24, 2.45) is 0 Å². The van der Waals surface area contributed by atoms with Crippen LogP contribution in [0.2, 0.25) is 0 Å². The third-order valence-corrected chi connectivity index (χ3v) is 9.95. The van der Waals surface area contributed by atoms with Crippen LogP contribution in [0.5, 0.6) is 0 Å². The van der Waals surface area contributed by atoms with E-state index in [0.29, 0.717) is 24.1 Å². The van der Waals surface area contributed by atoms with E-state index in [1.807, 2.05) is 21.1 Å². The summed E-state index contributed by atoms with van der Waals surface area (Å²) >= 11 is 0. The van der Waals surface area contributed by atoms with E-state index in [0.717, 1.165) is 70.6 Å². The highest BCUT2D eigenvalue weighted by Crippen LogP contribution is 2.43. The molecule has 0 aliphatic heterocycles. The minimum Gasteiger partial charge on any atom is -0.457 e. The maximum Gasteiger partial charge on any atom is 0.472 e. The highest BCUT2D eigenvalue weighted by Gasteiger charge is 2.26. The van der Waals surface area contributed by atoms with Gasteiger partial charge in [-0.1, -0.05) is 159 Å². The molecule has 8 nitrogen and oxygen atoms in total. The van der Waals surface area contributed by atoms with Crippen LogP contribution in [-0.4, -0.2) is 75.6 Å². The molecule has 9 heteroatoms. The zero-order valence-electron chi connectivity index (χ0n) is 34.5. The lowest BCUT2D eigenvalue weighted by atomic mass is 10.0. The Hall–Kier alpha value is -1.28. The van der Waals surface area contributed by atoms with Gasteiger partial charge >= 0.3 is 13.8 Å². The molecule has 1 N–H and O–H groups in total. The molecule has 2 unspecified atom stereocenters. The van der Waals surface area contributed by atoms with Crippen LogP contribution in [0, 0.1) is 0 Å². The average Bonchev–Trinajstić information content (AvgIpc) is 3.09. The van der Waals surface area contributed by atoms with Crippen molar-refractivity contribution >= 4 is 13.8 Å². The Kier molecular flexibility index (Phi) is 35.8. The number of phosphoric ester groups is 1. The standard InChI is InChI=1S/C43H82NO7P/c1-6-8-10-12-14-16-18-20-22-23-24-26-28-30-32-34-36-43(45)51-42(41-50-52(46,47)49-39-37-44(3,4)5)40-48-38-35-33-31-29-27-25-21-19-17-15-13-11-9-7-2/h9,11,15,17,21,25,42H,6-8,10,12-14,16,18-20,22-24,26-41H2,1-5H3/p+1/b11-9-,17-15-,25-21-. The SMILES string of the molecule is CC/C=C\C/C=C\C/C=C\CCCCCCOCC(COP(=O)(O)OCC[N+](C)(C)C)OC(=O)CCCCCCCCCCCCCCCCCC. The van der Waals surface area contributed by atoms with Gasteiger partial charge in [-0.15, -0.1) is 0 Å². The molecule has 0 saturated carbocycles. The molecule has 306 valence electrons. The second kappa shape index (κ2) is 36.7. The second-order valence-electron chi connectivity index (χ2n) is 15.3. The number of allylic oxidation sites excluding steroid dienone is 6. The molecule has 0 spiro atoms. The number of phosphoric acid groups is 1. The van der Waals surface area contributed by atoms with E-state index in [1.165, 1.54) is 83.5 Å². The fourth-order valence-corrected chi connectivity index (χ4v) is 6.43. The van der Waals surface area contributed by atoms with Crippen molar-refractivity contribution in [3.63, 3.8) is 0 Å². The lowest BCUT2D eigenvalue weighted by Gasteiger charge is -2.24. The lowest BCUT2D eigenvalue weighted by molar-refractivity contribution is -0.870. The van der Waals surface area contributed by atoms with E-state index >= 15 is 0 Å². The Labute approximate surface area is 321 Å². The summed E-state index contributed by atoms with van der Waals surface area (Å²) in [7, 11) is 1.65. The number of quaternary nitrogens is 1. The number of rotatable bonds is 39. The van der Waals surface area contributed by atoms with Gasteiger partial charge in [0, 0.05) is 13.0 Å². The molecule has 0 aromatic carbocycles. The number of hydrogen-bond acceptors (Lipinski definition) is 6. The van der Waals surface area contributed by atoms with Crippen molar-refractivity contribution in [3.8, 4) is 0 Å². The molecular formula is C43H83NO7P+. The summed E-state index contributed by atoms with van der Waals surface area (Å²) in [6.07, 6.45) is 41.7. The first-order valence-electron chi connectivity index (χ1n) is 21.2. The van der Waals surface area contributed by atoms with Crippen molar-refractivity contribution in [3.05, 3.63) is 36.5 Å². The van der Waals surface area contributed by atoms with Crippen molar-refractivity contribution in [1.29, 1.82) is 0 Å². The first-order chi connectivity index (χ1) is 25.1. The Morgan fingerprint density at radius 2 is 1.12 bits per heavy atom. The van der Waals surface area contributed by atoms with Crippen LogP contribution in [-0.2, 0) is 27.9 Å². The zero-order chi connectivity index (χ0) is 38.4. The van der Waals surface area contributed by atoms with Crippen molar-refractivity contribution in [1.82, 2.24) is 0 Å². The average molecular weight is 757 g/mol. The number of carbonyl (C=O) groups is 1. The van der Waals surface area contributed by atoms with Crippen LogP contribution in [0.15, 0.2) is 36.5 Å². The molecule has 0 aliphatic rings. The molecule has 2 atom stereocenters. The predicted octanol–water partition coefficient (Wildman–Crippen LogP) is 12.2. The third-order valence-electron chi connectivity index (χ3n) is 8.97. The van der Waals surface area contributed by atoms with Crippen molar-refractivity contribution in [2.75, 3.05) is 54.1 Å². The van der Waals surface area contributed by atoms with E-state index in [4.69, 9.17) is 18.5 Å². The van der Waals surface area contributed by atoms with Gasteiger partial charge in [-0.2, -0.15) is 0 Å². The Morgan fingerprint density at radius 3 is 1.67 bits per heavy atom. The molecule has 0 saturated heterocycles. The predicted molar refractivity (Wildman–Crippen MR) is 220 cm³/mol. The Morgan fingerprint density at radius 1 is 0.615 bits per heavy atom. The number of nitrogens with zero attached hydrogens (tertiary/aromatic N) is 1. The van der Waals surface area contributed by atoms with Gasteiger partial charge in [0.15, 0.2) is 0 Å². The number of carbonyl (C=O) groups excluding carboxylic acids is 1. The second-order valence-corrected chi connectivity index (χ2v) is 16.8. The van der Waals surface area contributed by atoms with Gasteiger partial charge in [0.2, 0.25) is 0 Å². The topological polar surface area (TPSA) is 91.3 Å². The van der Waals surface area contributed by atoms with Crippen molar-refractivity contribution in [2.45, 2.75) is 180 Å². The molecule has 0 aromatic heterocycles. The largest absolute Gasteiger partial charge is 0.472 e. The molecule has 0 bridgehead atoms. The van der Waals surface area contributed by atoms with Crippen LogP contribution in [0.1, 0.15) is 174 Å². The molecule has 0 heterocycles. The van der Waals surface area contributed by atoms with Gasteiger partial charge in [-0.25, -0.2) is 4.57 Å². The van der Waals surface area contributed by atoms with E-state index in [1.54, 1.807) is 0 Å². The third kappa shape index (κ3) is 39.9. The fourth-order valence-electron chi connectivity index (χ4n) is 5.68. The molecule has 0 aliphatic carbocycles. The summed E-state index contributed by atoms with van der Waals surface area (Å²) in [4.78, 5) is 22.8. The summed E-state index contributed by atoms with van der Waals surface area (Å²) in [5.41, 5.74) is 0. The van der Waals surface area contributed by atoms with Gasteiger partial charge in [0.25, 0.3) is 0 Å². The number of esters is 1. The van der Waals surface area contributed by atoms with Gasteiger partial charge in [0.1, 0.15) is 19.3 Å². The quantitative estimate of drug-likeness (QED) is 0.0219. The molecule has 0 radical (unpaired) electrons. The van der Waals surface area contributed by atoms with Crippen LogP contribution in [0.3, 0.4) is 0 Å². The number of ether oxygens (including phenoxy) is 2. The monoisotopic (exact) mass is 757 g/mol. The highest BCUT2D eigenvalue weighted by atomic mass is 31.2. The minimum absolute atomic E-state index is 0.0846. The van der Waals surface area contributed by atoms with E-state index < -0.39 is 13.9 Å². The molecular weight excluding hydrogens is 673 g/mol. The smallest absolute Gasteiger partial charge is 0.457 e. The molecule has 0 fully saturated rings. The molecule has 52 heavy (non-hydrogen) atoms. The first kappa shape index (κ1) is 50.7. The maximum atomic E-state index is 12.7. The van der Waals surface area contributed by atoms with Crippen molar-refractivity contribution < 1.29 is 37.3 Å². The van der Waals surface area contributed by atoms with Crippen LogP contribution < -0.4 is 0 Å². The van der Waals surface area contributed by atoms with Gasteiger partial charge in [0.05, 0.1) is 34.4 Å². The summed E-state index contributed by atoms with van der Waals surface area (Å²) in [6.45, 7) is 5.47. The van der Waals surface area contributed by atoms with Gasteiger partial charge < -0.3 is 18.9 Å². The molecule has 0 aromatic rings. The minimum atomic E-state index is -4.28. The summed E-state index contributed by atoms with van der Waals surface area (Å²) in [6, 6.07) is 0. The van der Waals surface area contributed by atoms with E-state index in [-0.39, 0.29) is 25.8 Å². The summed E-state index contributed by atoms with van der Waals surface area (Å²) in [5.74, 6) is -0.321. The normalized spacial score (nSPS) is 14.2. The van der Waals surface area contributed by atoms with Crippen LogP contribution in [0.4, 0.5) is 0 Å². The number of likely N-dealkylation sites (N-methyl/N-ethyl adjacent to an activating group) is 1. The molecule has 0 rings (SSSR count). The Balaban J connectivity index is 4.27. The zero-order valence-corrected chi connectivity index (χ0v) is 35.4. The molecule has 0 amide bonds. The van der Waals surface area contributed by atoms with Gasteiger partial charge in [-0.3, -0.25) is 13.8 Å². The van der Waals surface area contributed by atoms with E-state index in [2.05, 4.69) is 50.3 Å². The number of hydrogen-bond donors (Lipinski definition) is 1. The Bertz CT molecular complexity index is 931. The summed E-state index contributed by atoms with van der Waals surface area (Å²) < 4.78 is 34.9. The number of unbranched alkanes of at least 4 members (excludes halogenated alkanes) is 19. The van der Waals surface area contributed by atoms with Crippen LogP contribution >= 0.6 is 7.82 Å². The van der Waals surface area contributed by atoms with E-state index in [9.17, 15) is 14.3 Å². The first-order valence-corrected chi connectivity index (χ1v) is 22.7. The summed E-state index contributed by atoms with van der Waals surface area (Å²) in [5, 5.41) is 0. The fraction of sp³-hybridized carbons (Fsp3) is 0.837. The maximum absolute atomic E-state index is 12.7. The van der Waals surface area contributed by atoms with Gasteiger partial charge in [-0.05, 0) is 44.9 Å². The lowest BCUT2D eigenvalue weighted by Crippen LogP contribution is -2.37. The van der Waals surface area contributed by atoms with Crippen LogP contribution in [0.25, 0.3) is 0 Å². The highest BCUT2D eigenvalue weighted by molar-refractivity contribution is 7.47.